The molecule has 0 radical (unpaired) electrons. The van der Waals surface area contributed by atoms with Crippen LogP contribution in [0, 0.1) is 0 Å². The van der Waals surface area contributed by atoms with E-state index in [0.29, 0.717) is 36.2 Å². The van der Waals surface area contributed by atoms with Gasteiger partial charge in [-0.3, -0.25) is 9.69 Å². The largest absolute Gasteiger partial charge is 0.339 e. The summed E-state index contributed by atoms with van der Waals surface area (Å²) in [5.41, 5.74) is 0.399. The van der Waals surface area contributed by atoms with Gasteiger partial charge in [-0.2, -0.15) is 0 Å². The van der Waals surface area contributed by atoms with Crippen LogP contribution < -0.4 is 4.72 Å². The molecule has 0 aromatic heterocycles. The fraction of sp³-hybridized carbons (Fsp3) is 0.588. The monoisotopic (exact) mass is 431 g/mol. The maximum absolute atomic E-state index is 12.7. The molecule has 1 N–H and O–H groups in total. The predicted molar refractivity (Wildman–Crippen MR) is 102 cm³/mol. The molecule has 1 aromatic rings. The van der Waals surface area contributed by atoms with Gasteiger partial charge in [0.25, 0.3) is 5.91 Å². The molecule has 140 valence electrons. The van der Waals surface area contributed by atoms with Gasteiger partial charge in [0.05, 0.1) is 4.90 Å². The van der Waals surface area contributed by atoms with Crippen molar-refractivity contribution in [1.82, 2.24) is 14.5 Å². The van der Waals surface area contributed by atoms with Gasteiger partial charge in [-0.05, 0) is 47.0 Å². The van der Waals surface area contributed by atoms with Crippen LogP contribution in [0.1, 0.15) is 37.0 Å². The van der Waals surface area contributed by atoms with Gasteiger partial charge < -0.3 is 4.90 Å². The van der Waals surface area contributed by atoms with Crippen LogP contribution in [0.15, 0.2) is 27.6 Å². The fourth-order valence-electron chi connectivity index (χ4n) is 2.59. The Kier molecular flexibility index (Phi) is 7.42. The number of amides is 1. The van der Waals surface area contributed by atoms with Gasteiger partial charge in [0, 0.05) is 49.3 Å². The van der Waals surface area contributed by atoms with Crippen molar-refractivity contribution >= 4 is 31.9 Å². The number of rotatable bonds is 10. The minimum atomic E-state index is -3.66. The van der Waals surface area contributed by atoms with E-state index in [0.717, 1.165) is 25.9 Å². The highest BCUT2D eigenvalue weighted by atomic mass is 79.9. The summed E-state index contributed by atoms with van der Waals surface area (Å²) in [5.74, 6) is -0.128. The average Bonchev–Trinajstić information content (AvgIpc) is 3.38. The molecule has 1 fully saturated rings. The summed E-state index contributed by atoms with van der Waals surface area (Å²) in [6.45, 7) is 8.50. The first kappa shape index (κ1) is 20.4. The zero-order valence-corrected chi connectivity index (χ0v) is 17.2. The van der Waals surface area contributed by atoms with Crippen molar-refractivity contribution in [2.75, 3.05) is 39.3 Å². The number of carbonyl (C=O) groups excluding carboxylic acids is 1. The molecule has 1 aliphatic rings. The Bertz CT molecular complexity index is 699. The molecule has 0 atom stereocenters. The van der Waals surface area contributed by atoms with Crippen molar-refractivity contribution < 1.29 is 13.2 Å². The molecule has 0 spiro atoms. The van der Waals surface area contributed by atoms with Gasteiger partial charge in [0.1, 0.15) is 0 Å². The number of nitrogens with one attached hydrogen (secondary N) is 1. The maximum atomic E-state index is 12.7. The number of nitrogens with zero attached hydrogens (tertiary/aromatic N) is 2. The van der Waals surface area contributed by atoms with Crippen LogP contribution in [0.25, 0.3) is 0 Å². The molecule has 1 heterocycles. The lowest BCUT2D eigenvalue weighted by Gasteiger charge is -2.22. The Labute approximate surface area is 158 Å². The molecule has 8 heteroatoms. The molecule has 0 unspecified atom stereocenters. The number of benzene rings is 1. The molecule has 0 bridgehead atoms. The lowest BCUT2D eigenvalue weighted by molar-refractivity contribution is 0.0755. The first-order valence-electron chi connectivity index (χ1n) is 8.70. The third-order valence-electron chi connectivity index (χ3n) is 4.00. The van der Waals surface area contributed by atoms with Crippen molar-refractivity contribution in [2.45, 2.75) is 31.6 Å². The quantitative estimate of drug-likeness (QED) is 0.577. The molecule has 2 rings (SSSR count). The standard InChI is InChI=1S/C17H26BrN3O3S/c1-3-8-21(9-4-2)17(22)14-5-6-15(18)16(13-14)25(23,24)19-7-10-20-11-12-20/h5-6,13,19H,3-4,7-12H2,1-2H3. The number of halogens is 1. The number of hydrogen-bond acceptors (Lipinski definition) is 4. The van der Waals surface area contributed by atoms with Crippen LogP contribution >= 0.6 is 15.9 Å². The second-order valence-corrected chi connectivity index (χ2v) is 8.77. The van der Waals surface area contributed by atoms with E-state index in [1.165, 1.54) is 6.07 Å². The number of sulfonamides is 1. The summed E-state index contributed by atoms with van der Waals surface area (Å²) in [4.78, 5) is 16.7. The topological polar surface area (TPSA) is 69.5 Å². The van der Waals surface area contributed by atoms with Gasteiger partial charge >= 0.3 is 0 Å². The van der Waals surface area contributed by atoms with E-state index in [9.17, 15) is 13.2 Å². The third kappa shape index (κ3) is 5.77. The SMILES string of the molecule is CCCN(CCC)C(=O)c1ccc(Br)c(S(=O)(=O)NCCN2CC2)c1. The van der Waals surface area contributed by atoms with Crippen LogP contribution in [0.2, 0.25) is 0 Å². The Morgan fingerprint density at radius 3 is 2.44 bits per heavy atom. The smallest absolute Gasteiger partial charge is 0.253 e. The lowest BCUT2D eigenvalue weighted by Crippen LogP contribution is -2.33. The molecular formula is C17H26BrN3O3S. The van der Waals surface area contributed by atoms with Crippen molar-refractivity contribution in [1.29, 1.82) is 0 Å². The van der Waals surface area contributed by atoms with Gasteiger partial charge in [-0.15, -0.1) is 0 Å². The van der Waals surface area contributed by atoms with E-state index in [-0.39, 0.29) is 10.8 Å². The second kappa shape index (κ2) is 9.12. The van der Waals surface area contributed by atoms with Crippen LogP contribution in [-0.2, 0) is 10.0 Å². The molecule has 1 aliphatic heterocycles. The number of hydrogen-bond donors (Lipinski definition) is 1. The summed E-state index contributed by atoms with van der Waals surface area (Å²) >= 11 is 3.29. The molecule has 25 heavy (non-hydrogen) atoms. The minimum Gasteiger partial charge on any atom is -0.339 e. The zero-order valence-electron chi connectivity index (χ0n) is 14.8. The van der Waals surface area contributed by atoms with E-state index in [1.807, 2.05) is 13.8 Å². The van der Waals surface area contributed by atoms with Crippen molar-refractivity contribution in [3.63, 3.8) is 0 Å². The van der Waals surface area contributed by atoms with E-state index < -0.39 is 10.0 Å². The summed E-state index contributed by atoms with van der Waals surface area (Å²) < 4.78 is 28.2. The first-order valence-corrected chi connectivity index (χ1v) is 11.0. The highest BCUT2D eigenvalue weighted by molar-refractivity contribution is 9.10. The zero-order chi connectivity index (χ0) is 18.4. The minimum absolute atomic E-state index is 0.108. The Morgan fingerprint density at radius 1 is 1.24 bits per heavy atom. The molecule has 0 aliphatic carbocycles. The van der Waals surface area contributed by atoms with Gasteiger partial charge in [-0.1, -0.05) is 13.8 Å². The summed E-state index contributed by atoms with van der Waals surface area (Å²) in [6, 6.07) is 4.76. The molecule has 1 saturated heterocycles. The van der Waals surface area contributed by atoms with Crippen LogP contribution in [0.4, 0.5) is 0 Å². The first-order chi connectivity index (χ1) is 11.9. The normalized spacial score (nSPS) is 14.5. The second-order valence-electron chi connectivity index (χ2n) is 6.18. The molecule has 1 aromatic carbocycles. The molecular weight excluding hydrogens is 406 g/mol. The van der Waals surface area contributed by atoms with Crippen molar-refractivity contribution in [3.8, 4) is 0 Å². The summed E-state index contributed by atoms with van der Waals surface area (Å²) in [7, 11) is -3.66. The predicted octanol–water partition coefficient (Wildman–Crippen LogP) is 2.31. The van der Waals surface area contributed by atoms with Crippen LogP contribution in [0.3, 0.4) is 0 Å². The van der Waals surface area contributed by atoms with E-state index in [2.05, 4.69) is 25.6 Å². The van der Waals surface area contributed by atoms with Gasteiger partial charge in [0.2, 0.25) is 10.0 Å². The molecule has 1 amide bonds. The highest BCUT2D eigenvalue weighted by Crippen LogP contribution is 2.24. The van der Waals surface area contributed by atoms with Crippen LogP contribution in [-0.4, -0.2) is 63.4 Å². The highest BCUT2D eigenvalue weighted by Gasteiger charge is 2.23. The fourth-order valence-corrected chi connectivity index (χ4v) is 4.60. The van der Waals surface area contributed by atoms with E-state index >= 15 is 0 Å². The lowest BCUT2D eigenvalue weighted by atomic mass is 10.2. The van der Waals surface area contributed by atoms with Gasteiger partial charge in [0.15, 0.2) is 0 Å². The van der Waals surface area contributed by atoms with E-state index in [1.54, 1.807) is 17.0 Å². The third-order valence-corrected chi connectivity index (χ3v) is 6.46. The van der Waals surface area contributed by atoms with Crippen molar-refractivity contribution in [2.24, 2.45) is 0 Å². The van der Waals surface area contributed by atoms with E-state index in [4.69, 9.17) is 0 Å². The summed E-state index contributed by atoms with van der Waals surface area (Å²) in [6.07, 6.45) is 1.73. The van der Waals surface area contributed by atoms with Gasteiger partial charge in [-0.25, -0.2) is 13.1 Å². The Morgan fingerprint density at radius 2 is 1.88 bits per heavy atom. The Balaban J connectivity index is 2.18. The molecule has 6 nitrogen and oxygen atoms in total. The molecule has 0 saturated carbocycles. The average molecular weight is 432 g/mol. The van der Waals surface area contributed by atoms with Crippen molar-refractivity contribution in [3.05, 3.63) is 28.2 Å². The van der Waals surface area contributed by atoms with Crippen LogP contribution in [0.5, 0.6) is 0 Å². The maximum Gasteiger partial charge on any atom is 0.253 e. The number of carbonyl (C=O) groups is 1. The Hall–Kier alpha value is -0.960. The summed E-state index contributed by atoms with van der Waals surface area (Å²) in [5, 5.41) is 0.